The van der Waals surface area contributed by atoms with Crippen LogP contribution in [0.3, 0.4) is 0 Å². The van der Waals surface area contributed by atoms with Gasteiger partial charge >= 0.3 is 0 Å². The largest absolute Gasteiger partial charge is 0.352 e. The Labute approximate surface area is 183 Å². The molecule has 2 saturated heterocycles. The van der Waals surface area contributed by atoms with Crippen LogP contribution in [-0.4, -0.2) is 50.6 Å². The number of fused-ring (bicyclic) bond motifs is 1. The van der Waals surface area contributed by atoms with Gasteiger partial charge in [-0.2, -0.15) is 5.10 Å². The van der Waals surface area contributed by atoms with Crippen molar-refractivity contribution in [3.05, 3.63) is 42.2 Å². The van der Waals surface area contributed by atoms with Crippen molar-refractivity contribution in [2.75, 3.05) is 18.0 Å². The van der Waals surface area contributed by atoms with Crippen LogP contribution in [0.15, 0.2) is 42.2 Å². The quantitative estimate of drug-likeness (QED) is 0.515. The first-order valence-corrected chi connectivity index (χ1v) is 11.9. The Morgan fingerprint density at radius 3 is 2.90 bits per heavy atom. The zero-order chi connectivity index (χ0) is 20.4. The molecule has 156 valence electrons. The average molecular weight is 430 g/mol. The third kappa shape index (κ3) is 2.49. The molecule has 31 heavy (non-hydrogen) atoms. The highest BCUT2D eigenvalue weighted by molar-refractivity contribution is 7.17. The monoisotopic (exact) mass is 429 g/mol. The van der Waals surface area contributed by atoms with Crippen LogP contribution in [0.1, 0.15) is 25.7 Å². The molecule has 3 fully saturated rings. The van der Waals surface area contributed by atoms with Crippen molar-refractivity contribution in [3.8, 4) is 22.4 Å². The molecule has 0 bridgehead atoms. The van der Waals surface area contributed by atoms with Crippen LogP contribution in [0.25, 0.3) is 32.6 Å². The molecule has 0 amide bonds. The van der Waals surface area contributed by atoms with Crippen molar-refractivity contribution in [1.29, 1.82) is 0 Å². The number of aromatic nitrogens is 5. The second kappa shape index (κ2) is 6.58. The minimum atomic E-state index is 0.456. The van der Waals surface area contributed by atoms with Crippen LogP contribution >= 0.6 is 11.3 Å². The Hall–Kier alpha value is -2.84. The lowest BCUT2D eigenvalue weighted by molar-refractivity contribution is 0.284. The maximum absolute atomic E-state index is 4.70. The molecule has 5 heterocycles. The molecular weight excluding hydrogens is 406 g/mol. The Morgan fingerprint density at radius 2 is 2.03 bits per heavy atom. The first-order chi connectivity index (χ1) is 15.3. The lowest BCUT2D eigenvalue weighted by Crippen LogP contribution is -2.39. The van der Waals surface area contributed by atoms with Gasteiger partial charge in [0.25, 0.3) is 0 Å². The number of aromatic amines is 1. The van der Waals surface area contributed by atoms with Crippen molar-refractivity contribution >= 4 is 27.4 Å². The van der Waals surface area contributed by atoms with Gasteiger partial charge in [-0.05, 0) is 44.4 Å². The fraction of sp³-hybridized carbons (Fsp3) is 0.391. The number of thiazole rings is 1. The molecule has 8 heteroatoms. The number of anilines is 1. The van der Waals surface area contributed by atoms with Gasteiger partial charge in [-0.3, -0.25) is 5.10 Å². The van der Waals surface area contributed by atoms with E-state index < -0.39 is 0 Å². The molecule has 2 aliphatic heterocycles. The van der Waals surface area contributed by atoms with Gasteiger partial charge in [-0.15, -0.1) is 21.5 Å². The summed E-state index contributed by atoms with van der Waals surface area (Å²) in [7, 11) is 0. The third-order valence-electron chi connectivity index (χ3n) is 7.78. The summed E-state index contributed by atoms with van der Waals surface area (Å²) in [6.07, 6.45) is 8.86. The average Bonchev–Trinajstić information content (AvgIpc) is 3.60. The first kappa shape index (κ1) is 17.8. The predicted molar refractivity (Wildman–Crippen MR) is 122 cm³/mol. The van der Waals surface area contributed by atoms with Gasteiger partial charge in [0.2, 0.25) is 0 Å². The molecule has 0 unspecified atom stereocenters. The number of nitrogens with one attached hydrogen (secondary N) is 2. The van der Waals surface area contributed by atoms with Crippen molar-refractivity contribution in [2.45, 2.75) is 37.8 Å². The van der Waals surface area contributed by atoms with Crippen molar-refractivity contribution in [2.24, 2.45) is 5.41 Å². The molecule has 3 atom stereocenters. The molecule has 1 aliphatic carbocycles. The molecule has 3 aliphatic rings. The molecule has 2 N–H and O–H groups in total. The second-order valence-corrected chi connectivity index (χ2v) is 9.84. The molecule has 1 aromatic carbocycles. The first-order valence-electron chi connectivity index (χ1n) is 11.0. The van der Waals surface area contributed by atoms with Crippen molar-refractivity contribution in [1.82, 2.24) is 30.7 Å². The summed E-state index contributed by atoms with van der Waals surface area (Å²) >= 11 is 1.65. The number of hydrogen-bond acceptors (Lipinski definition) is 7. The molecule has 1 spiro atoms. The Bertz CT molecular complexity index is 1250. The second-order valence-electron chi connectivity index (χ2n) is 8.98. The predicted octanol–water partition coefficient (Wildman–Crippen LogP) is 3.86. The summed E-state index contributed by atoms with van der Waals surface area (Å²) in [6, 6.07) is 9.82. The summed E-state index contributed by atoms with van der Waals surface area (Å²) in [5, 5.41) is 20.1. The number of H-pyrrole nitrogens is 1. The van der Waals surface area contributed by atoms with Gasteiger partial charge in [-0.1, -0.05) is 12.1 Å². The zero-order valence-electron chi connectivity index (χ0n) is 17.1. The van der Waals surface area contributed by atoms with Crippen molar-refractivity contribution in [3.63, 3.8) is 0 Å². The van der Waals surface area contributed by atoms with Crippen LogP contribution in [0.4, 0.5) is 5.82 Å². The smallest absolute Gasteiger partial charge is 0.151 e. The van der Waals surface area contributed by atoms with Gasteiger partial charge in [0.1, 0.15) is 0 Å². The van der Waals surface area contributed by atoms with E-state index in [4.69, 9.17) is 5.10 Å². The van der Waals surface area contributed by atoms with Gasteiger partial charge < -0.3 is 10.2 Å². The molecule has 7 rings (SSSR count). The highest BCUT2D eigenvalue weighted by atomic mass is 32.1. The topological polar surface area (TPSA) is 82.6 Å². The minimum Gasteiger partial charge on any atom is -0.352 e. The van der Waals surface area contributed by atoms with Crippen LogP contribution < -0.4 is 10.2 Å². The number of rotatable bonds is 3. The maximum atomic E-state index is 4.70. The fourth-order valence-electron chi connectivity index (χ4n) is 6.35. The highest BCUT2D eigenvalue weighted by Gasteiger charge is 2.58. The van der Waals surface area contributed by atoms with E-state index in [1.54, 1.807) is 11.3 Å². The summed E-state index contributed by atoms with van der Waals surface area (Å²) in [6.45, 7) is 2.26. The van der Waals surface area contributed by atoms with E-state index in [0.717, 1.165) is 45.0 Å². The Balaban J connectivity index is 1.23. The van der Waals surface area contributed by atoms with Gasteiger partial charge in [0.15, 0.2) is 5.82 Å². The van der Waals surface area contributed by atoms with Crippen LogP contribution in [0, 0.1) is 5.41 Å². The molecular formula is C23H23N7S. The molecule has 0 radical (unpaired) electrons. The highest BCUT2D eigenvalue weighted by Crippen LogP contribution is 2.54. The number of benzene rings is 1. The maximum Gasteiger partial charge on any atom is 0.151 e. The Kier molecular flexibility index (Phi) is 3.78. The van der Waals surface area contributed by atoms with E-state index in [1.165, 1.54) is 32.2 Å². The fourth-order valence-corrected chi connectivity index (χ4v) is 7.19. The lowest BCUT2D eigenvalue weighted by Gasteiger charge is -2.32. The summed E-state index contributed by atoms with van der Waals surface area (Å²) in [5.41, 5.74) is 7.46. The summed E-state index contributed by atoms with van der Waals surface area (Å²) < 4.78 is 1.14. The van der Waals surface area contributed by atoms with Gasteiger partial charge in [0, 0.05) is 46.9 Å². The third-order valence-corrected chi connectivity index (χ3v) is 8.64. The minimum absolute atomic E-state index is 0.456. The van der Waals surface area contributed by atoms with E-state index in [-0.39, 0.29) is 0 Å². The van der Waals surface area contributed by atoms with Gasteiger partial charge in [-0.25, -0.2) is 4.98 Å². The number of hydrogen-bond donors (Lipinski definition) is 2. The summed E-state index contributed by atoms with van der Waals surface area (Å²) in [4.78, 5) is 7.14. The van der Waals surface area contributed by atoms with Gasteiger partial charge in [0.05, 0.1) is 27.6 Å². The van der Waals surface area contributed by atoms with E-state index in [2.05, 4.69) is 54.8 Å². The lowest BCUT2D eigenvalue weighted by atomic mass is 9.79. The van der Waals surface area contributed by atoms with E-state index in [9.17, 15) is 0 Å². The van der Waals surface area contributed by atoms with Crippen LogP contribution in [0.5, 0.6) is 0 Å². The molecule has 7 nitrogen and oxygen atoms in total. The normalized spacial score (nSPS) is 27.2. The standard InChI is InChI=1S/C23H23N7S/c1-2-16(22-21(25-13-31-22)15(1)14-11-26-27-12-14)17-3-6-20(29-28-17)30-10-8-23-7-9-24-18(23)4-5-19(23)30/h1-3,6,11-13,18-19,24H,4-5,7-10H2,(H,26,27)/t18-,19-,23+/m1/s1. The van der Waals surface area contributed by atoms with E-state index in [0.29, 0.717) is 17.5 Å². The Morgan fingerprint density at radius 1 is 1.06 bits per heavy atom. The SMILES string of the molecule is c1nc2c(-c3cn[nH]c3)ccc(-c3ccc(N4CC[C@@]56CCN[C@@H]5CC[C@@H]46)nn3)c2s1. The molecule has 4 aromatic rings. The van der Waals surface area contributed by atoms with Crippen LogP contribution in [-0.2, 0) is 0 Å². The van der Waals surface area contributed by atoms with Crippen LogP contribution in [0.2, 0.25) is 0 Å². The van der Waals surface area contributed by atoms with E-state index in [1.807, 2.05) is 17.9 Å². The summed E-state index contributed by atoms with van der Waals surface area (Å²) in [5.74, 6) is 1.02. The molecule has 3 aromatic heterocycles. The van der Waals surface area contributed by atoms with Crippen molar-refractivity contribution < 1.29 is 0 Å². The number of nitrogens with zero attached hydrogens (tertiary/aromatic N) is 5. The molecule has 1 saturated carbocycles. The van der Waals surface area contributed by atoms with E-state index >= 15 is 0 Å². The zero-order valence-corrected chi connectivity index (χ0v) is 17.9.